The van der Waals surface area contributed by atoms with Crippen molar-refractivity contribution >= 4 is 12.4 Å². The molecule has 5 heteroatoms. The fraction of sp³-hybridized carbons (Fsp3) is 0.833. The molecule has 1 unspecified atom stereocenters. The molecule has 0 saturated carbocycles. The number of rotatable bonds is 4. The lowest BCUT2D eigenvalue weighted by Gasteiger charge is -2.39. The molecule has 1 fully saturated rings. The van der Waals surface area contributed by atoms with Crippen molar-refractivity contribution in [3.63, 3.8) is 0 Å². The minimum atomic E-state index is -0.557. The molecule has 17 heavy (non-hydrogen) atoms. The molecule has 0 aromatic rings. The first kappa shape index (κ1) is 14.0. The average Bonchev–Trinajstić information content (AvgIpc) is 2.11. The highest BCUT2D eigenvalue weighted by atomic mass is 16.6. The van der Waals surface area contributed by atoms with Crippen molar-refractivity contribution in [1.29, 1.82) is 0 Å². The molecule has 1 rings (SSSR count). The Morgan fingerprint density at radius 3 is 2.47 bits per heavy atom. The Morgan fingerprint density at radius 1 is 1.53 bits per heavy atom. The van der Waals surface area contributed by atoms with E-state index < -0.39 is 17.7 Å². The van der Waals surface area contributed by atoms with Gasteiger partial charge < -0.3 is 19.6 Å². The number of carbonyl (C=O) groups excluding carboxylic acids is 2. The van der Waals surface area contributed by atoms with E-state index in [0.29, 0.717) is 19.6 Å². The number of aldehydes is 1. The maximum atomic E-state index is 11.5. The summed E-state index contributed by atoms with van der Waals surface area (Å²) in [5.74, 6) is 0. The largest absolute Gasteiger partial charge is 0.444 e. The summed E-state index contributed by atoms with van der Waals surface area (Å²) < 4.78 is 10.2. The van der Waals surface area contributed by atoms with Gasteiger partial charge in [0.15, 0.2) is 0 Å². The third kappa shape index (κ3) is 4.73. The lowest BCUT2D eigenvalue weighted by atomic mass is 9.82. The van der Waals surface area contributed by atoms with E-state index in [2.05, 4.69) is 5.32 Å². The normalized spacial score (nSPS) is 20.0. The van der Waals surface area contributed by atoms with Crippen molar-refractivity contribution in [2.24, 2.45) is 5.41 Å². The topological polar surface area (TPSA) is 64.6 Å². The second-order valence-electron chi connectivity index (χ2n) is 5.90. The SMILES string of the molecule is CC1(CC(C=O)NC(=O)OC(C)(C)C)COC1. The third-order valence-electron chi connectivity index (χ3n) is 2.48. The molecule has 1 saturated heterocycles. The van der Waals surface area contributed by atoms with Gasteiger partial charge in [-0.25, -0.2) is 4.79 Å². The van der Waals surface area contributed by atoms with Gasteiger partial charge in [-0.05, 0) is 27.2 Å². The van der Waals surface area contributed by atoms with Crippen LogP contribution in [0.5, 0.6) is 0 Å². The highest BCUT2D eigenvalue weighted by molar-refractivity contribution is 5.73. The lowest BCUT2D eigenvalue weighted by molar-refractivity contribution is -0.121. The molecule has 5 nitrogen and oxygen atoms in total. The molecule has 1 aliphatic rings. The maximum absolute atomic E-state index is 11.5. The number of amides is 1. The van der Waals surface area contributed by atoms with Gasteiger partial charge in [0.05, 0.1) is 19.3 Å². The molecule has 1 N–H and O–H groups in total. The smallest absolute Gasteiger partial charge is 0.408 e. The molecule has 0 aromatic heterocycles. The summed E-state index contributed by atoms with van der Waals surface area (Å²) in [7, 11) is 0. The first-order valence-corrected chi connectivity index (χ1v) is 5.77. The van der Waals surface area contributed by atoms with Gasteiger partial charge in [-0.15, -0.1) is 0 Å². The molecular formula is C12H21NO4. The molecule has 0 spiro atoms. The summed E-state index contributed by atoms with van der Waals surface area (Å²) in [6, 6.07) is -0.515. The molecule has 0 bridgehead atoms. The van der Waals surface area contributed by atoms with Crippen LogP contribution < -0.4 is 5.32 Å². The van der Waals surface area contributed by atoms with Crippen LogP contribution in [-0.4, -0.2) is 37.2 Å². The van der Waals surface area contributed by atoms with E-state index in [1.807, 2.05) is 6.92 Å². The van der Waals surface area contributed by atoms with Gasteiger partial charge in [-0.3, -0.25) is 0 Å². The zero-order valence-corrected chi connectivity index (χ0v) is 10.9. The Morgan fingerprint density at radius 2 is 2.12 bits per heavy atom. The van der Waals surface area contributed by atoms with Gasteiger partial charge in [0.1, 0.15) is 11.9 Å². The summed E-state index contributed by atoms with van der Waals surface area (Å²) in [4.78, 5) is 22.4. The zero-order valence-electron chi connectivity index (χ0n) is 10.9. The fourth-order valence-electron chi connectivity index (χ4n) is 1.69. The Kier molecular flexibility index (Phi) is 4.14. The molecule has 98 valence electrons. The van der Waals surface area contributed by atoms with E-state index in [0.717, 1.165) is 6.29 Å². The van der Waals surface area contributed by atoms with Gasteiger partial charge >= 0.3 is 6.09 Å². The monoisotopic (exact) mass is 243 g/mol. The Labute approximate surface area is 102 Å². The Bertz CT molecular complexity index is 291. The average molecular weight is 243 g/mol. The van der Waals surface area contributed by atoms with E-state index in [4.69, 9.17) is 9.47 Å². The molecule has 1 heterocycles. The molecule has 1 atom stereocenters. The summed E-state index contributed by atoms with van der Waals surface area (Å²) in [6.45, 7) is 8.64. The van der Waals surface area contributed by atoms with Crippen molar-refractivity contribution < 1.29 is 19.1 Å². The fourth-order valence-corrected chi connectivity index (χ4v) is 1.69. The first-order valence-electron chi connectivity index (χ1n) is 5.77. The second kappa shape index (κ2) is 5.04. The molecular weight excluding hydrogens is 222 g/mol. The third-order valence-corrected chi connectivity index (χ3v) is 2.48. The van der Waals surface area contributed by atoms with Crippen molar-refractivity contribution in [2.75, 3.05) is 13.2 Å². The van der Waals surface area contributed by atoms with E-state index in [-0.39, 0.29) is 5.41 Å². The van der Waals surface area contributed by atoms with E-state index in [1.165, 1.54) is 0 Å². The quantitative estimate of drug-likeness (QED) is 0.760. The highest BCUT2D eigenvalue weighted by Crippen LogP contribution is 2.31. The minimum Gasteiger partial charge on any atom is -0.444 e. The summed E-state index contributed by atoms with van der Waals surface area (Å²) in [5, 5.41) is 2.56. The molecule has 1 amide bonds. The standard InChI is InChI=1S/C12H21NO4/c1-11(2,3)17-10(15)13-9(6-14)5-12(4)7-16-8-12/h6,9H,5,7-8H2,1-4H3,(H,13,15). The van der Waals surface area contributed by atoms with Crippen LogP contribution in [0.1, 0.15) is 34.1 Å². The van der Waals surface area contributed by atoms with Crippen LogP contribution in [-0.2, 0) is 14.3 Å². The maximum Gasteiger partial charge on any atom is 0.408 e. The minimum absolute atomic E-state index is 0.0133. The predicted molar refractivity (Wildman–Crippen MR) is 62.8 cm³/mol. The van der Waals surface area contributed by atoms with Crippen molar-refractivity contribution in [1.82, 2.24) is 5.32 Å². The van der Waals surface area contributed by atoms with Crippen LogP contribution >= 0.6 is 0 Å². The number of ether oxygens (including phenoxy) is 2. The van der Waals surface area contributed by atoms with E-state index >= 15 is 0 Å². The highest BCUT2D eigenvalue weighted by Gasteiger charge is 2.36. The van der Waals surface area contributed by atoms with Crippen LogP contribution in [0.25, 0.3) is 0 Å². The predicted octanol–water partition coefficient (Wildman–Crippen LogP) is 1.51. The number of hydrogen-bond acceptors (Lipinski definition) is 4. The number of alkyl carbamates (subject to hydrolysis) is 1. The summed E-state index contributed by atoms with van der Waals surface area (Å²) in [5.41, 5.74) is -0.568. The van der Waals surface area contributed by atoms with Gasteiger partial charge in [0.2, 0.25) is 0 Å². The molecule has 0 radical (unpaired) electrons. The molecule has 1 aliphatic heterocycles. The van der Waals surface area contributed by atoms with Crippen LogP contribution in [0, 0.1) is 5.41 Å². The number of hydrogen-bond donors (Lipinski definition) is 1. The van der Waals surface area contributed by atoms with Crippen molar-refractivity contribution in [3.8, 4) is 0 Å². The zero-order chi connectivity index (χ0) is 13.1. The Balaban J connectivity index is 2.41. The van der Waals surface area contributed by atoms with Gasteiger partial charge in [0.25, 0.3) is 0 Å². The van der Waals surface area contributed by atoms with Crippen LogP contribution in [0.4, 0.5) is 4.79 Å². The van der Waals surface area contributed by atoms with Crippen molar-refractivity contribution in [3.05, 3.63) is 0 Å². The second-order valence-corrected chi connectivity index (χ2v) is 5.90. The summed E-state index contributed by atoms with van der Waals surface area (Å²) in [6.07, 6.45) is 0.766. The van der Waals surface area contributed by atoms with Crippen LogP contribution in [0.15, 0.2) is 0 Å². The van der Waals surface area contributed by atoms with Gasteiger partial charge in [0, 0.05) is 5.41 Å². The molecule has 0 aromatic carbocycles. The van der Waals surface area contributed by atoms with E-state index in [9.17, 15) is 9.59 Å². The van der Waals surface area contributed by atoms with Crippen molar-refractivity contribution in [2.45, 2.75) is 45.8 Å². The van der Waals surface area contributed by atoms with Gasteiger partial charge in [-0.2, -0.15) is 0 Å². The van der Waals surface area contributed by atoms with Crippen LogP contribution in [0.3, 0.4) is 0 Å². The lowest BCUT2D eigenvalue weighted by Crippen LogP contribution is -2.48. The Hall–Kier alpha value is -1.10. The number of nitrogens with one attached hydrogen (secondary N) is 1. The summed E-state index contributed by atoms with van der Waals surface area (Å²) >= 11 is 0. The van der Waals surface area contributed by atoms with Gasteiger partial charge in [-0.1, -0.05) is 6.92 Å². The molecule has 0 aliphatic carbocycles. The van der Waals surface area contributed by atoms with E-state index in [1.54, 1.807) is 20.8 Å². The van der Waals surface area contributed by atoms with Crippen LogP contribution in [0.2, 0.25) is 0 Å². The first-order chi connectivity index (χ1) is 7.74. The number of carbonyl (C=O) groups is 2.